The fraction of sp³-hybridized carbons (Fsp3) is 0.625. The number of carbonyl (C=O) groups excluding carboxylic acids is 1. The summed E-state index contributed by atoms with van der Waals surface area (Å²) < 4.78 is 0. The number of rotatable bonds is 3. The first-order chi connectivity index (χ1) is 6.15. The molecule has 1 amide bonds. The lowest BCUT2D eigenvalue weighted by Crippen LogP contribution is -2.38. The highest BCUT2D eigenvalue weighted by Crippen LogP contribution is 2.12. The first-order valence-corrected chi connectivity index (χ1v) is 4.89. The second-order valence-corrected chi connectivity index (χ2v) is 3.77. The lowest BCUT2D eigenvalue weighted by Gasteiger charge is -2.20. The topological polar surface area (TPSA) is 32.3 Å². The minimum Gasteiger partial charge on any atom is -0.355 e. The standard InChI is InChI=1S/C8H12Cl2N2O/c1-12(5-6(10)4-9)7-2-3-11-8(7)13/h4,7H,2-3,5H2,1H3,(H,11,13)/b6-4-. The van der Waals surface area contributed by atoms with Crippen molar-refractivity contribution in [2.24, 2.45) is 0 Å². The van der Waals surface area contributed by atoms with E-state index in [1.54, 1.807) is 0 Å². The van der Waals surface area contributed by atoms with Gasteiger partial charge in [-0.15, -0.1) is 0 Å². The van der Waals surface area contributed by atoms with Crippen LogP contribution >= 0.6 is 23.2 Å². The summed E-state index contributed by atoms with van der Waals surface area (Å²) in [4.78, 5) is 13.1. The quantitative estimate of drug-likeness (QED) is 0.777. The van der Waals surface area contributed by atoms with Crippen LogP contribution in [0.4, 0.5) is 0 Å². The van der Waals surface area contributed by atoms with Gasteiger partial charge in [0.15, 0.2) is 0 Å². The van der Waals surface area contributed by atoms with Gasteiger partial charge in [-0.2, -0.15) is 0 Å². The number of nitrogens with zero attached hydrogens (tertiary/aromatic N) is 1. The van der Waals surface area contributed by atoms with Crippen LogP contribution < -0.4 is 5.32 Å². The van der Waals surface area contributed by atoms with E-state index in [4.69, 9.17) is 23.2 Å². The predicted molar refractivity (Wildman–Crippen MR) is 53.8 cm³/mol. The lowest BCUT2D eigenvalue weighted by atomic mass is 10.2. The Morgan fingerprint density at radius 1 is 1.85 bits per heavy atom. The third kappa shape index (κ3) is 2.86. The van der Waals surface area contributed by atoms with E-state index in [1.165, 1.54) is 5.54 Å². The number of amides is 1. The average Bonchev–Trinajstić information content (AvgIpc) is 2.51. The van der Waals surface area contributed by atoms with E-state index in [-0.39, 0.29) is 11.9 Å². The normalized spacial score (nSPS) is 23.8. The van der Waals surface area contributed by atoms with Crippen molar-refractivity contribution < 1.29 is 4.79 Å². The highest BCUT2D eigenvalue weighted by atomic mass is 35.5. The zero-order valence-electron chi connectivity index (χ0n) is 7.39. The van der Waals surface area contributed by atoms with E-state index in [9.17, 15) is 4.79 Å². The van der Waals surface area contributed by atoms with Gasteiger partial charge in [-0.25, -0.2) is 0 Å². The minimum atomic E-state index is -0.0645. The SMILES string of the molecule is CN(C/C(Cl)=C/Cl)C1CCNC1=O. The molecule has 5 heteroatoms. The molecule has 74 valence electrons. The van der Waals surface area contributed by atoms with Crippen LogP contribution in [0, 0.1) is 0 Å². The predicted octanol–water partition coefficient (Wildman–Crippen LogP) is 1.13. The van der Waals surface area contributed by atoms with Crippen molar-refractivity contribution in [2.45, 2.75) is 12.5 Å². The monoisotopic (exact) mass is 222 g/mol. The third-order valence-corrected chi connectivity index (χ3v) is 2.67. The van der Waals surface area contributed by atoms with Gasteiger partial charge < -0.3 is 5.32 Å². The summed E-state index contributed by atoms with van der Waals surface area (Å²) in [5.74, 6) is 0.0709. The van der Waals surface area contributed by atoms with Gasteiger partial charge >= 0.3 is 0 Å². The molecule has 0 bridgehead atoms. The number of hydrogen-bond acceptors (Lipinski definition) is 2. The fourth-order valence-corrected chi connectivity index (χ4v) is 1.64. The molecule has 1 aliphatic rings. The molecule has 13 heavy (non-hydrogen) atoms. The molecule has 0 aromatic heterocycles. The van der Waals surface area contributed by atoms with Crippen LogP contribution in [0.2, 0.25) is 0 Å². The molecule has 0 aliphatic carbocycles. The largest absolute Gasteiger partial charge is 0.355 e. The van der Waals surface area contributed by atoms with Crippen molar-refractivity contribution in [2.75, 3.05) is 20.1 Å². The summed E-state index contributed by atoms with van der Waals surface area (Å²) in [5.41, 5.74) is 1.32. The summed E-state index contributed by atoms with van der Waals surface area (Å²) in [6, 6.07) is -0.0645. The van der Waals surface area contributed by atoms with Crippen molar-refractivity contribution in [3.63, 3.8) is 0 Å². The number of hydrogen-bond donors (Lipinski definition) is 1. The first kappa shape index (κ1) is 10.8. The third-order valence-electron chi connectivity index (χ3n) is 2.07. The Balaban J connectivity index is 2.47. The van der Waals surface area contributed by atoms with Gasteiger partial charge in [0.05, 0.1) is 6.04 Å². The summed E-state index contributed by atoms with van der Waals surface area (Å²) in [6.07, 6.45) is 0.835. The van der Waals surface area contributed by atoms with E-state index in [0.717, 1.165) is 13.0 Å². The molecule has 1 rings (SSSR count). The summed E-state index contributed by atoms with van der Waals surface area (Å²) in [5, 5.41) is 3.31. The van der Waals surface area contributed by atoms with Crippen molar-refractivity contribution in [3.05, 3.63) is 10.6 Å². The molecule has 0 saturated carbocycles. The molecular formula is C8H12Cl2N2O. The Labute approximate surface area is 87.7 Å². The van der Waals surface area contributed by atoms with Crippen molar-refractivity contribution in [1.82, 2.24) is 10.2 Å². The molecule has 0 aromatic rings. The first-order valence-electron chi connectivity index (χ1n) is 4.08. The molecule has 1 saturated heterocycles. The van der Waals surface area contributed by atoms with Crippen LogP contribution in [0.3, 0.4) is 0 Å². The molecular weight excluding hydrogens is 211 g/mol. The summed E-state index contributed by atoms with van der Waals surface area (Å²) in [6.45, 7) is 1.26. The highest BCUT2D eigenvalue weighted by molar-refractivity contribution is 6.36. The van der Waals surface area contributed by atoms with Gasteiger partial charge in [-0.3, -0.25) is 9.69 Å². The smallest absolute Gasteiger partial charge is 0.237 e. The Hall–Kier alpha value is -0.250. The number of nitrogens with one attached hydrogen (secondary N) is 1. The van der Waals surface area contributed by atoms with Crippen LogP contribution in [0.1, 0.15) is 6.42 Å². The molecule has 0 spiro atoms. The second-order valence-electron chi connectivity index (χ2n) is 3.07. The van der Waals surface area contributed by atoms with Gasteiger partial charge in [0.25, 0.3) is 0 Å². The van der Waals surface area contributed by atoms with Crippen molar-refractivity contribution in [1.29, 1.82) is 0 Å². The molecule has 0 aromatic carbocycles. The molecule has 1 unspecified atom stereocenters. The maximum atomic E-state index is 11.2. The highest BCUT2D eigenvalue weighted by Gasteiger charge is 2.27. The maximum absolute atomic E-state index is 11.2. The van der Waals surface area contributed by atoms with E-state index < -0.39 is 0 Å². The second kappa shape index (κ2) is 4.84. The van der Waals surface area contributed by atoms with Gasteiger partial charge in [0.2, 0.25) is 5.91 Å². The molecule has 1 heterocycles. The zero-order valence-corrected chi connectivity index (χ0v) is 8.90. The Morgan fingerprint density at radius 3 is 3.00 bits per heavy atom. The number of likely N-dealkylation sites (N-methyl/N-ethyl adjacent to an activating group) is 1. The minimum absolute atomic E-state index is 0.0645. The van der Waals surface area contributed by atoms with Crippen molar-refractivity contribution in [3.8, 4) is 0 Å². The molecule has 1 atom stereocenters. The fourth-order valence-electron chi connectivity index (χ4n) is 1.38. The summed E-state index contributed by atoms with van der Waals surface area (Å²) >= 11 is 11.2. The van der Waals surface area contributed by atoms with E-state index in [1.807, 2.05) is 11.9 Å². The van der Waals surface area contributed by atoms with Gasteiger partial charge in [0.1, 0.15) is 0 Å². The molecule has 1 N–H and O–H groups in total. The van der Waals surface area contributed by atoms with E-state index in [0.29, 0.717) is 11.6 Å². The van der Waals surface area contributed by atoms with E-state index in [2.05, 4.69) is 5.32 Å². The molecule has 0 radical (unpaired) electrons. The summed E-state index contributed by atoms with van der Waals surface area (Å²) in [7, 11) is 1.86. The van der Waals surface area contributed by atoms with Crippen LogP contribution in [0.5, 0.6) is 0 Å². The molecule has 1 fully saturated rings. The van der Waals surface area contributed by atoms with Gasteiger partial charge in [0, 0.05) is 23.7 Å². The zero-order chi connectivity index (χ0) is 9.84. The maximum Gasteiger partial charge on any atom is 0.237 e. The van der Waals surface area contributed by atoms with Crippen LogP contribution in [0.25, 0.3) is 0 Å². The Kier molecular flexibility index (Phi) is 4.03. The average molecular weight is 223 g/mol. The Morgan fingerprint density at radius 2 is 2.54 bits per heavy atom. The van der Waals surface area contributed by atoms with Gasteiger partial charge in [-0.05, 0) is 13.5 Å². The van der Waals surface area contributed by atoms with Crippen LogP contribution in [-0.2, 0) is 4.79 Å². The molecule has 3 nitrogen and oxygen atoms in total. The van der Waals surface area contributed by atoms with Crippen LogP contribution in [-0.4, -0.2) is 37.0 Å². The van der Waals surface area contributed by atoms with Gasteiger partial charge in [-0.1, -0.05) is 23.2 Å². The van der Waals surface area contributed by atoms with Crippen LogP contribution in [0.15, 0.2) is 10.6 Å². The number of halogens is 2. The molecule has 1 aliphatic heterocycles. The number of carbonyl (C=O) groups is 1. The lowest BCUT2D eigenvalue weighted by molar-refractivity contribution is -0.123. The van der Waals surface area contributed by atoms with Crippen molar-refractivity contribution >= 4 is 29.1 Å². The Bertz CT molecular complexity index is 230. The van der Waals surface area contributed by atoms with E-state index >= 15 is 0 Å².